The van der Waals surface area contributed by atoms with Crippen LogP contribution in [0, 0.1) is 11.6 Å². The average Bonchev–Trinajstić information content (AvgIpc) is 2.30. The van der Waals surface area contributed by atoms with Crippen molar-refractivity contribution < 1.29 is 13.6 Å². The first-order valence-electron chi connectivity index (χ1n) is 5.32. The third-order valence-corrected chi connectivity index (χ3v) is 3.08. The summed E-state index contributed by atoms with van der Waals surface area (Å²) in [5, 5.41) is 0. The maximum absolute atomic E-state index is 13.4. The molecule has 0 radical (unpaired) electrons. The number of carbonyl (C=O) groups is 1. The quantitative estimate of drug-likeness (QED) is 0.848. The molecule has 0 fully saturated rings. The van der Waals surface area contributed by atoms with Gasteiger partial charge in [0.2, 0.25) is 5.91 Å². The van der Waals surface area contributed by atoms with Crippen molar-refractivity contribution in [2.45, 2.75) is 19.4 Å². The number of halogens is 2. The molecule has 0 aliphatic carbocycles. The summed E-state index contributed by atoms with van der Waals surface area (Å²) in [6.45, 7) is 1.68. The van der Waals surface area contributed by atoms with E-state index in [9.17, 15) is 13.6 Å². The van der Waals surface area contributed by atoms with Crippen LogP contribution in [0.4, 0.5) is 8.78 Å². The zero-order valence-electron chi connectivity index (χ0n) is 10.1. The second kappa shape index (κ2) is 5.86. The van der Waals surface area contributed by atoms with Crippen molar-refractivity contribution in [3.05, 3.63) is 35.4 Å². The van der Waals surface area contributed by atoms with E-state index < -0.39 is 17.7 Å². The number of carbonyl (C=O) groups excluding carboxylic acids is 1. The molecule has 1 atom stereocenters. The van der Waals surface area contributed by atoms with Crippen LogP contribution in [-0.2, 0) is 11.2 Å². The van der Waals surface area contributed by atoms with Crippen LogP contribution in [0.3, 0.4) is 0 Å². The monoisotopic (exact) mass is 272 g/mol. The van der Waals surface area contributed by atoms with Crippen molar-refractivity contribution in [1.29, 1.82) is 0 Å². The van der Waals surface area contributed by atoms with Crippen LogP contribution in [0.25, 0.3) is 0 Å². The first kappa shape index (κ1) is 14.5. The molecule has 1 aromatic carbocycles. The zero-order valence-corrected chi connectivity index (χ0v) is 10.9. The molecule has 0 spiro atoms. The van der Waals surface area contributed by atoms with E-state index in [4.69, 9.17) is 18.0 Å². The van der Waals surface area contributed by atoms with Crippen molar-refractivity contribution in [3.8, 4) is 0 Å². The van der Waals surface area contributed by atoms with Crippen LogP contribution in [0.2, 0.25) is 0 Å². The van der Waals surface area contributed by atoms with Crippen molar-refractivity contribution in [3.63, 3.8) is 0 Å². The van der Waals surface area contributed by atoms with Gasteiger partial charge in [-0.3, -0.25) is 4.79 Å². The second-order valence-corrected chi connectivity index (χ2v) is 4.47. The molecule has 0 saturated carbocycles. The molecule has 1 rings (SSSR count). The second-order valence-electron chi connectivity index (χ2n) is 4.00. The number of amides is 1. The zero-order chi connectivity index (χ0) is 13.9. The lowest BCUT2D eigenvalue weighted by atomic mass is 10.1. The van der Waals surface area contributed by atoms with E-state index in [1.54, 1.807) is 6.92 Å². The van der Waals surface area contributed by atoms with Gasteiger partial charge in [0.25, 0.3) is 0 Å². The molecule has 0 aromatic heterocycles. The summed E-state index contributed by atoms with van der Waals surface area (Å²) >= 11 is 4.78. The van der Waals surface area contributed by atoms with Crippen molar-refractivity contribution in [2.24, 2.45) is 5.73 Å². The normalized spacial score (nSPS) is 12.0. The lowest BCUT2D eigenvalue weighted by Gasteiger charge is -2.24. The number of benzene rings is 1. The lowest BCUT2D eigenvalue weighted by Crippen LogP contribution is -2.43. The number of hydrogen-bond donors (Lipinski definition) is 1. The minimum atomic E-state index is -0.736. The van der Waals surface area contributed by atoms with Gasteiger partial charge < -0.3 is 10.6 Å². The predicted octanol–water partition coefficient (Wildman–Crippen LogP) is 1.64. The van der Waals surface area contributed by atoms with E-state index in [-0.39, 0.29) is 22.9 Å². The van der Waals surface area contributed by atoms with E-state index >= 15 is 0 Å². The third-order valence-electron chi connectivity index (χ3n) is 2.74. The molecule has 98 valence electrons. The lowest BCUT2D eigenvalue weighted by molar-refractivity contribution is -0.129. The number of likely N-dealkylation sites (N-methyl/N-ethyl adjacent to an activating group) is 1. The Balaban J connectivity index is 2.78. The van der Waals surface area contributed by atoms with E-state index in [1.807, 2.05) is 0 Å². The van der Waals surface area contributed by atoms with Crippen LogP contribution in [0.1, 0.15) is 12.5 Å². The van der Waals surface area contributed by atoms with Crippen molar-refractivity contribution >= 4 is 23.1 Å². The Hall–Kier alpha value is -1.56. The Morgan fingerprint density at radius 2 is 2.11 bits per heavy atom. The minimum Gasteiger partial charge on any atom is -0.392 e. The molecule has 18 heavy (non-hydrogen) atoms. The molecule has 1 amide bonds. The Kier molecular flexibility index (Phi) is 4.72. The smallest absolute Gasteiger partial charge is 0.227 e. The molecule has 0 aliphatic rings. The van der Waals surface area contributed by atoms with Crippen molar-refractivity contribution in [2.75, 3.05) is 7.05 Å². The number of nitrogens with two attached hydrogens (primary N) is 1. The Morgan fingerprint density at radius 3 is 2.61 bits per heavy atom. The van der Waals surface area contributed by atoms with Gasteiger partial charge in [0, 0.05) is 13.1 Å². The van der Waals surface area contributed by atoms with Gasteiger partial charge in [0.1, 0.15) is 11.6 Å². The van der Waals surface area contributed by atoms with Crippen LogP contribution in [-0.4, -0.2) is 28.9 Å². The van der Waals surface area contributed by atoms with E-state index in [1.165, 1.54) is 18.0 Å². The largest absolute Gasteiger partial charge is 0.392 e. The summed E-state index contributed by atoms with van der Waals surface area (Å²) in [6, 6.07) is 2.71. The standard InChI is InChI=1S/C12H14F2N2OS/c1-7(12(15)18)16(2)11(17)5-8-3-4-9(13)6-10(8)14/h3-4,6-7H,5H2,1-2H3,(H2,15,18). The maximum atomic E-state index is 13.4. The first-order valence-corrected chi connectivity index (χ1v) is 5.72. The number of rotatable bonds is 4. The molecule has 1 unspecified atom stereocenters. The van der Waals surface area contributed by atoms with Gasteiger partial charge in [0.05, 0.1) is 17.5 Å². The third kappa shape index (κ3) is 3.46. The fraction of sp³-hybridized carbons (Fsp3) is 0.333. The van der Waals surface area contributed by atoms with Gasteiger partial charge in [-0.1, -0.05) is 18.3 Å². The van der Waals surface area contributed by atoms with Crippen LogP contribution < -0.4 is 5.73 Å². The molecule has 2 N–H and O–H groups in total. The molecular weight excluding hydrogens is 258 g/mol. The summed E-state index contributed by atoms with van der Waals surface area (Å²) in [7, 11) is 1.54. The highest BCUT2D eigenvalue weighted by Crippen LogP contribution is 2.11. The molecule has 0 aliphatic heterocycles. The minimum absolute atomic E-state index is 0.142. The number of nitrogens with zero attached hydrogens (tertiary/aromatic N) is 1. The molecule has 0 heterocycles. The number of thiocarbonyl (C=S) groups is 1. The van der Waals surface area contributed by atoms with Crippen molar-refractivity contribution in [1.82, 2.24) is 4.90 Å². The molecular formula is C12H14F2N2OS. The maximum Gasteiger partial charge on any atom is 0.227 e. The summed E-state index contributed by atoms with van der Waals surface area (Å²) in [6.07, 6.45) is -0.157. The average molecular weight is 272 g/mol. The van der Waals surface area contributed by atoms with Gasteiger partial charge >= 0.3 is 0 Å². The Bertz CT molecular complexity index is 479. The first-order chi connectivity index (χ1) is 8.32. The summed E-state index contributed by atoms with van der Waals surface area (Å²) in [5.74, 6) is -1.74. The highest BCUT2D eigenvalue weighted by atomic mass is 32.1. The van der Waals surface area contributed by atoms with E-state index in [0.717, 1.165) is 12.1 Å². The van der Waals surface area contributed by atoms with Gasteiger partial charge in [0.15, 0.2) is 0 Å². The molecule has 1 aromatic rings. The Morgan fingerprint density at radius 1 is 1.50 bits per heavy atom. The fourth-order valence-corrected chi connectivity index (χ4v) is 1.52. The van der Waals surface area contributed by atoms with Crippen LogP contribution in [0.5, 0.6) is 0 Å². The Labute approximate surface area is 110 Å². The SMILES string of the molecule is CC(C(N)=S)N(C)C(=O)Cc1ccc(F)cc1F. The van der Waals surface area contributed by atoms with Gasteiger partial charge in [-0.25, -0.2) is 8.78 Å². The van der Waals surface area contributed by atoms with Gasteiger partial charge in [-0.2, -0.15) is 0 Å². The molecule has 0 saturated heterocycles. The highest BCUT2D eigenvalue weighted by Gasteiger charge is 2.19. The highest BCUT2D eigenvalue weighted by molar-refractivity contribution is 7.80. The molecule has 6 heteroatoms. The summed E-state index contributed by atoms with van der Waals surface area (Å²) in [5.41, 5.74) is 5.57. The molecule has 0 bridgehead atoms. The van der Waals surface area contributed by atoms with Crippen LogP contribution >= 0.6 is 12.2 Å². The summed E-state index contributed by atoms with van der Waals surface area (Å²) < 4.78 is 26.1. The van der Waals surface area contributed by atoms with E-state index in [0.29, 0.717) is 0 Å². The summed E-state index contributed by atoms with van der Waals surface area (Å²) in [4.78, 5) is 13.4. The van der Waals surface area contributed by atoms with E-state index in [2.05, 4.69) is 0 Å². The molecule has 3 nitrogen and oxygen atoms in total. The van der Waals surface area contributed by atoms with Gasteiger partial charge in [-0.15, -0.1) is 0 Å². The topological polar surface area (TPSA) is 46.3 Å². The van der Waals surface area contributed by atoms with Gasteiger partial charge in [-0.05, 0) is 18.6 Å². The number of hydrogen-bond acceptors (Lipinski definition) is 2. The fourth-order valence-electron chi connectivity index (χ4n) is 1.36. The predicted molar refractivity (Wildman–Crippen MR) is 69.1 cm³/mol. The van der Waals surface area contributed by atoms with Crippen LogP contribution in [0.15, 0.2) is 18.2 Å².